The van der Waals surface area contributed by atoms with E-state index in [2.05, 4.69) is 25.8 Å². The molecule has 0 aliphatic carbocycles. The van der Waals surface area contributed by atoms with E-state index in [1.807, 2.05) is 0 Å². The Kier molecular flexibility index (Phi) is 4.61. The van der Waals surface area contributed by atoms with Crippen molar-refractivity contribution in [3.8, 4) is 11.3 Å². The SMILES string of the molecule is Cn1ncc(Br)c1-c1cc(F)cc(NS(=O)(=O)c2ccc(F)cc2)c1. The van der Waals surface area contributed by atoms with E-state index >= 15 is 0 Å². The maximum absolute atomic E-state index is 14.0. The second-order valence-electron chi connectivity index (χ2n) is 5.25. The summed E-state index contributed by atoms with van der Waals surface area (Å²) < 4.78 is 56.2. The molecule has 0 unspecified atom stereocenters. The van der Waals surface area contributed by atoms with E-state index in [1.165, 1.54) is 16.8 Å². The first-order valence-electron chi connectivity index (χ1n) is 7.03. The minimum atomic E-state index is -3.97. The number of halogens is 3. The highest BCUT2D eigenvalue weighted by atomic mass is 79.9. The number of hydrogen-bond donors (Lipinski definition) is 1. The predicted octanol–water partition coefficient (Wildman–Crippen LogP) is 3.93. The first-order chi connectivity index (χ1) is 11.8. The van der Waals surface area contributed by atoms with Crippen molar-refractivity contribution in [2.45, 2.75) is 4.90 Å². The Hall–Kier alpha value is -2.26. The molecule has 0 amide bonds. The van der Waals surface area contributed by atoms with Gasteiger partial charge in [0, 0.05) is 12.6 Å². The van der Waals surface area contributed by atoms with Crippen LogP contribution in [0.15, 0.2) is 58.0 Å². The first-order valence-corrected chi connectivity index (χ1v) is 9.31. The van der Waals surface area contributed by atoms with Crippen LogP contribution in [-0.4, -0.2) is 18.2 Å². The highest BCUT2D eigenvalue weighted by Crippen LogP contribution is 2.30. The zero-order valence-electron chi connectivity index (χ0n) is 12.9. The Labute approximate surface area is 151 Å². The predicted molar refractivity (Wildman–Crippen MR) is 93.5 cm³/mol. The summed E-state index contributed by atoms with van der Waals surface area (Å²) in [6, 6.07) is 8.18. The average Bonchev–Trinajstić information content (AvgIpc) is 2.85. The van der Waals surface area contributed by atoms with Crippen molar-refractivity contribution in [2.24, 2.45) is 7.05 Å². The number of hydrogen-bond acceptors (Lipinski definition) is 3. The van der Waals surface area contributed by atoms with Gasteiger partial charge in [0.15, 0.2) is 0 Å². The number of anilines is 1. The van der Waals surface area contributed by atoms with Gasteiger partial charge >= 0.3 is 0 Å². The molecule has 130 valence electrons. The molecule has 0 saturated heterocycles. The van der Waals surface area contributed by atoms with Gasteiger partial charge in [-0.1, -0.05) is 0 Å². The van der Waals surface area contributed by atoms with Gasteiger partial charge in [0.05, 0.1) is 26.9 Å². The summed E-state index contributed by atoms with van der Waals surface area (Å²) in [5.41, 5.74) is 1.10. The molecule has 9 heteroatoms. The molecule has 0 spiro atoms. The number of aromatic nitrogens is 2. The van der Waals surface area contributed by atoms with E-state index in [4.69, 9.17) is 0 Å². The summed E-state index contributed by atoms with van der Waals surface area (Å²) in [5, 5.41) is 4.06. The van der Waals surface area contributed by atoms with Crippen LogP contribution in [0.5, 0.6) is 0 Å². The monoisotopic (exact) mass is 427 g/mol. The van der Waals surface area contributed by atoms with Crippen LogP contribution in [0.2, 0.25) is 0 Å². The molecule has 0 fully saturated rings. The summed E-state index contributed by atoms with van der Waals surface area (Å²) in [6.07, 6.45) is 1.56. The quantitative estimate of drug-likeness (QED) is 0.685. The third kappa shape index (κ3) is 3.72. The van der Waals surface area contributed by atoms with Crippen LogP contribution in [0.1, 0.15) is 0 Å². The lowest BCUT2D eigenvalue weighted by Gasteiger charge is -2.11. The molecule has 0 atom stereocenters. The second-order valence-corrected chi connectivity index (χ2v) is 7.79. The molecule has 0 saturated carbocycles. The third-order valence-electron chi connectivity index (χ3n) is 3.44. The zero-order valence-corrected chi connectivity index (χ0v) is 15.3. The van der Waals surface area contributed by atoms with E-state index in [1.54, 1.807) is 13.2 Å². The fourth-order valence-corrected chi connectivity index (χ4v) is 3.97. The van der Waals surface area contributed by atoms with Gasteiger partial charge in [-0.3, -0.25) is 9.40 Å². The Morgan fingerprint density at radius 2 is 1.76 bits per heavy atom. The third-order valence-corrected chi connectivity index (χ3v) is 5.42. The fourth-order valence-electron chi connectivity index (χ4n) is 2.35. The van der Waals surface area contributed by atoms with E-state index in [0.717, 1.165) is 30.3 Å². The molecule has 0 radical (unpaired) electrons. The van der Waals surface area contributed by atoms with Gasteiger partial charge < -0.3 is 0 Å². The maximum Gasteiger partial charge on any atom is 0.261 e. The molecule has 1 heterocycles. The molecule has 3 aromatic rings. The second kappa shape index (κ2) is 6.57. The average molecular weight is 428 g/mol. The van der Waals surface area contributed by atoms with Crippen LogP contribution < -0.4 is 4.72 Å². The van der Waals surface area contributed by atoms with Gasteiger partial charge in [0.2, 0.25) is 0 Å². The largest absolute Gasteiger partial charge is 0.280 e. The van der Waals surface area contributed by atoms with E-state index in [9.17, 15) is 17.2 Å². The summed E-state index contributed by atoms with van der Waals surface area (Å²) in [5.74, 6) is -1.16. The highest BCUT2D eigenvalue weighted by molar-refractivity contribution is 9.10. The van der Waals surface area contributed by atoms with Crippen molar-refractivity contribution >= 4 is 31.6 Å². The lowest BCUT2D eigenvalue weighted by Crippen LogP contribution is -2.13. The van der Waals surface area contributed by atoms with E-state index in [-0.39, 0.29) is 10.6 Å². The Morgan fingerprint density at radius 3 is 2.36 bits per heavy atom. The van der Waals surface area contributed by atoms with Crippen LogP contribution in [0, 0.1) is 11.6 Å². The molecule has 0 aliphatic heterocycles. The van der Waals surface area contributed by atoms with Gasteiger partial charge in [0.1, 0.15) is 11.6 Å². The zero-order chi connectivity index (χ0) is 18.2. The molecule has 5 nitrogen and oxygen atoms in total. The van der Waals surface area contributed by atoms with Crippen molar-refractivity contribution in [1.29, 1.82) is 0 Å². The first kappa shape index (κ1) is 17.6. The van der Waals surface area contributed by atoms with E-state index in [0.29, 0.717) is 15.7 Å². The van der Waals surface area contributed by atoms with Crippen molar-refractivity contribution in [1.82, 2.24) is 9.78 Å². The Morgan fingerprint density at radius 1 is 1.08 bits per heavy atom. The maximum atomic E-state index is 14.0. The summed E-state index contributed by atoms with van der Waals surface area (Å²) in [7, 11) is -2.28. The summed E-state index contributed by atoms with van der Waals surface area (Å²) in [6.45, 7) is 0. The normalized spacial score (nSPS) is 11.5. The summed E-state index contributed by atoms with van der Waals surface area (Å²) in [4.78, 5) is -0.124. The van der Waals surface area contributed by atoms with Crippen molar-refractivity contribution < 1.29 is 17.2 Å². The molecule has 1 aromatic heterocycles. The van der Waals surface area contributed by atoms with Crippen LogP contribution in [0.25, 0.3) is 11.3 Å². The molecule has 2 aromatic carbocycles. The minimum absolute atomic E-state index is 0.0485. The summed E-state index contributed by atoms with van der Waals surface area (Å²) >= 11 is 3.33. The molecule has 0 bridgehead atoms. The number of sulfonamides is 1. The van der Waals surface area contributed by atoms with Crippen LogP contribution in [0.4, 0.5) is 14.5 Å². The number of aryl methyl sites for hydroxylation is 1. The number of rotatable bonds is 4. The lowest BCUT2D eigenvalue weighted by molar-refractivity contribution is 0.599. The van der Waals surface area contributed by atoms with Gasteiger partial charge in [-0.25, -0.2) is 17.2 Å². The van der Waals surface area contributed by atoms with Crippen molar-refractivity contribution in [3.63, 3.8) is 0 Å². The Bertz CT molecular complexity index is 1010. The van der Waals surface area contributed by atoms with E-state index < -0.39 is 21.7 Å². The fraction of sp³-hybridized carbons (Fsp3) is 0.0625. The number of nitrogens with zero attached hydrogens (tertiary/aromatic N) is 2. The molecule has 25 heavy (non-hydrogen) atoms. The standard InChI is InChI=1S/C16H12BrF2N3O2S/c1-22-16(15(17)9-20-22)10-6-12(19)8-13(7-10)21-25(23,24)14-4-2-11(18)3-5-14/h2-9,21H,1H3. The van der Waals surface area contributed by atoms with Crippen molar-refractivity contribution in [3.05, 3.63) is 64.8 Å². The number of nitrogens with one attached hydrogen (secondary N) is 1. The Balaban J connectivity index is 2.00. The van der Waals surface area contributed by atoms with Gasteiger partial charge in [0.25, 0.3) is 10.0 Å². The number of benzene rings is 2. The molecular formula is C16H12BrF2N3O2S. The highest BCUT2D eigenvalue weighted by Gasteiger charge is 2.17. The molecule has 1 N–H and O–H groups in total. The molecule has 3 rings (SSSR count). The van der Waals surface area contributed by atoms with Gasteiger partial charge in [-0.2, -0.15) is 5.10 Å². The van der Waals surface area contributed by atoms with Crippen LogP contribution in [0.3, 0.4) is 0 Å². The molecular weight excluding hydrogens is 416 g/mol. The van der Waals surface area contributed by atoms with Crippen molar-refractivity contribution in [2.75, 3.05) is 4.72 Å². The van der Waals surface area contributed by atoms with Crippen LogP contribution >= 0.6 is 15.9 Å². The smallest absolute Gasteiger partial charge is 0.261 e. The topological polar surface area (TPSA) is 64.0 Å². The van der Waals surface area contributed by atoms with Crippen LogP contribution in [-0.2, 0) is 17.1 Å². The molecule has 0 aliphatic rings. The lowest BCUT2D eigenvalue weighted by atomic mass is 10.1. The van der Waals surface area contributed by atoms with Gasteiger partial charge in [-0.15, -0.1) is 0 Å². The van der Waals surface area contributed by atoms with Gasteiger partial charge in [-0.05, 0) is 58.4 Å². The minimum Gasteiger partial charge on any atom is -0.280 e.